The summed E-state index contributed by atoms with van der Waals surface area (Å²) in [6, 6.07) is 6.29. The molecule has 1 rings (SSSR count). The molecule has 0 radical (unpaired) electrons. The van der Waals surface area contributed by atoms with Gasteiger partial charge in [0.1, 0.15) is 5.75 Å². The molecule has 0 heterocycles. The summed E-state index contributed by atoms with van der Waals surface area (Å²) in [6.45, 7) is 6.20. The van der Waals surface area contributed by atoms with Gasteiger partial charge in [-0.1, -0.05) is 40.5 Å². The molecule has 0 aromatic heterocycles. The van der Waals surface area contributed by atoms with Gasteiger partial charge in [-0.3, -0.25) is 0 Å². The van der Waals surface area contributed by atoms with E-state index in [1.54, 1.807) is 7.11 Å². The monoisotopic (exact) mass is 299 g/mol. The Labute approximate surface area is 113 Å². The average molecular weight is 300 g/mol. The molecule has 0 bridgehead atoms. The Kier molecular flexibility index (Phi) is 6.60. The maximum atomic E-state index is 5.35. The Hall–Kier alpha value is -0.540. The number of ether oxygens (including phenoxy) is 1. The molecule has 1 N–H and O–H groups in total. The van der Waals surface area contributed by atoms with Crippen LogP contribution in [0.15, 0.2) is 18.2 Å². The van der Waals surface area contributed by atoms with Gasteiger partial charge in [0.05, 0.1) is 7.11 Å². The van der Waals surface area contributed by atoms with Gasteiger partial charge < -0.3 is 10.1 Å². The van der Waals surface area contributed by atoms with Gasteiger partial charge in [-0.25, -0.2) is 0 Å². The molecule has 0 fully saturated rings. The first kappa shape index (κ1) is 14.5. The fourth-order valence-corrected chi connectivity index (χ4v) is 1.96. The van der Waals surface area contributed by atoms with E-state index in [0.29, 0.717) is 4.83 Å². The van der Waals surface area contributed by atoms with Crippen molar-refractivity contribution in [3.63, 3.8) is 0 Å². The van der Waals surface area contributed by atoms with Gasteiger partial charge in [-0.15, -0.1) is 0 Å². The van der Waals surface area contributed by atoms with Crippen molar-refractivity contribution >= 4 is 15.9 Å². The van der Waals surface area contributed by atoms with Crippen LogP contribution in [0.2, 0.25) is 0 Å². The number of aryl methyl sites for hydroxylation is 1. The number of benzene rings is 1. The normalized spacial score (nSPS) is 12.5. The van der Waals surface area contributed by atoms with E-state index in [0.717, 1.165) is 25.3 Å². The van der Waals surface area contributed by atoms with Crippen molar-refractivity contribution in [1.29, 1.82) is 0 Å². The third-order valence-corrected chi connectivity index (χ3v) is 3.93. The molecule has 0 amide bonds. The summed E-state index contributed by atoms with van der Waals surface area (Å²) in [5, 5.41) is 3.46. The number of halogens is 1. The van der Waals surface area contributed by atoms with Gasteiger partial charge in [-0.2, -0.15) is 0 Å². The number of nitrogens with one attached hydrogen (secondary N) is 1. The van der Waals surface area contributed by atoms with Crippen molar-refractivity contribution in [1.82, 2.24) is 5.32 Å². The first-order valence-electron chi connectivity index (χ1n) is 6.15. The highest BCUT2D eigenvalue weighted by atomic mass is 79.9. The molecule has 1 aromatic rings. The third kappa shape index (κ3) is 5.09. The Morgan fingerprint density at radius 3 is 2.82 bits per heavy atom. The SMILES string of the molecule is CCC(Br)CCNCc1cc(C)ccc1OC. The van der Waals surface area contributed by atoms with Crippen LogP contribution in [0.5, 0.6) is 5.75 Å². The third-order valence-electron chi connectivity index (χ3n) is 2.83. The van der Waals surface area contributed by atoms with E-state index >= 15 is 0 Å². The number of alkyl halides is 1. The summed E-state index contributed by atoms with van der Waals surface area (Å²) in [6.07, 6.45) is 2.33. The number of methoxy groups -OCH3 is 1. The van der Waals surface area contributed by atoms with Crippen molar-refractivity contribution in [2.45, 2.75) is 38.1 Å². The fourth-order valence-electron chi connectivity index (χ4n) is 1.73. The minimum Gasteiger partial charge on any atom is -0.496 e. The van der Waals surface area contributed by atoms with Crippen LogP contribution in [-0.2, 0) is 6.54 Å². The minimum atomic E-state index is 0.620. The molecule has 1 atom stereocenters. The van der Waals surface area contributed by atoms with Crippen LogP contribution in [-0.4, -0.2) is 18.5 Å². The van der Waals surface area contributed by atoms with Crippen LogP contribution in [0.3, 0.4) is 0 Å². The molecule has 0 aliphatic heterocycles. The fraction of sp³-hybridized carbons (Fsp3) is 0.571. The van der Waals surface area contributed by atoms with E-state index in [9.17, 15) is 0 Å². The molecule has 0 spiro atoms. The van der Waals surface area contributed by atoms with Crippen molar-refractivity contribution in [2.24, 2.45) is 0 Å². The topological polar surface area (TPSA) is 21.3 Å². The van der Waals surface area contributed by atoms with Crippen LogP contribution < -0.4 is 10.1 Å². The zero-order valence-electron chi connectivity index (χ0n) is 10.9. The van der Waals surface area contributed by atoms with E-state index in [4.69, 9.17) is 4.74 Å². The van der Waals surface area contributed by atoms with Crippen LogP contribution in [0.25, 0.3) is 0 Å². The predicted molar refractivity (Wildman–Crippen MR) is 77.1 cm³/mol. The summed E-state index contributed by atoms with van der Waals surface area (Å²) < 4.78 is 5.35. The van der Waals surface area contributed by atoms with E-state index in [1.807, 2.05) is 6.07 Å². The van der Waals surface area contributed by atoms with Gasteiger partial charge >= 0.3 is 0 Å². The maximum absolute atomic E-state index is 5.35. The number of hydrogen-bond donors (Lipinski definition) is 1. The van der Waals surface area contributed by atoms with Crippen molar-refractivity contribution < 1.29 is 4.74 Å². The molecule has 1 aromatic carbocycles. The Balaban J connectivity index is 2.42. The minimum absolute atomic E-state index is 0.620. The summed E-state index contributed by atoms with van der Waals surface area (Å²) in [7, 11) is 1.72. The molecule has 2 nitrogen and oxygen atoms in total. The van der Waals surface area contributed by atoms with Crippen LogP contribution in [0, 0.1) is 6.92 Å². The smallest absolute Gasteiger partial charge is 0.123 e. The van der Waals surface area contributed by atoms with E-state index < -0.39 is 0 Å². The van der Waals surface area contributed by atoms with Gasteiger partial charge in [-0.05, 0) is 32.4 Å². The largest absolute Gasteiger partial charge is 0.496 e. The lowest BCUT2D eigenvalue weighted by Gasteiger charge is -2.11. The summed E-state index contributed by atoms with van der Waals surface area (Å²) in [5.74, 6) is 0.967. The summed E-state index contributed by atoms with van der Waals surface area (Å²) in [5.41, 5.74) is 2.50. The van der Waals surface area contributed by atoms with Crippen LogP contribution in [0.1, 0.15) is 30.9 Å². The average Bonchev–Trinajstić information content (AvgIpc) is 2.34. The quantitative estimate of drug-likeness (QED) is 0.613. The van der Waals surface area contributed by atoms with E-state index in [2.05, 4.69) is 47.2 Å². The molecule has 96 valence electrons. The first-order valence-corrected chi connectivity index (χ1v) is 7.07. The van der Waals surface area contributed by atoms with Crippen molar-refractivity contribution in [3.8, 4) is 5.75 Å². The van der Waals surface area contributed by atoms with Gasteiger partial charge in [0.2, 0.25) is 0 Å². The molecule has 0 saturated carbocycles. The zero-order valence-corrected chi connectivity index (χ0v) is 12.5. The molecule has 0 aliphatic rings. The second kappa shape index (κ2) is 7.72. The highest BCUT2D eigenvalue weighted by Gasteiger charge is 2.04. The van der Waals surface area contributed by atoms with Gasteiger partial charge in [0.15, 0.2) is 0 Å². The van der Waals surface area contributed by atoms with E-state index in [-0.39, 0.29) is 0 Å². The van der Waals surface area contributed by atoms with Crippen LogP contribution >= 0.6 is 15.9 Å². The Bertz CT molecular complexity index is 341. The molecule has 3 heteroatoms. The maximum Gasteiger partial charge on any atom is 0.123 e. The standard InChI is InChI=1S/C14H22BrNO/c1-4-13(15)7-8-16-10-12-9-11(2)5-6-14(12)17-3/h5-6,9,13,16H,4,7-8,10H2,1-3H3. The number of hydrogen-bond acceptors (Lipinski definition) is 2. The Morgan fingerprint density at radius 1 is 1.41 bits per heavy atom. The second-order valence-corrected chi connectivity index (χ2v) is 5.58. The summed E-state index contributed by atoms with van der Waals surface area (Å²) in [4.78, 5) is 0.620. The van der Waals surface area contributed by atoms with Crippen LogP contribution in [0.4, 0.5) is 0 Å². The first-order chi connectivity index (χ1) is 8.17. The van der Waals surface area contributed by atoms with Crippen molar-refractivity contribution in [2.75, 3.05) is 13.7 Å². The second-order valence-electron chi connectivity index (χ2n) is 4.29. The molecule has 0 saturated heterocycles. The van der Waals surface area contributed by atoms with Gasteiger partial charge in [0, 0.05) is 16.9 Å². The zero-order chi connectivity index (χ0) is 12.7. The summed E-state index contributed by atoms with van der Waals surface area (Å²) >= 11 is 3.64. The highest BCUT2D eigenvalue weighted by molar-refractivity contribution is 9.09. The molecule has 0 aliphatic carbocycles. The number of rotatable bonds is 7. The van der Waals surface area contributed by atoms with Gasteiger partial charge in [0.25, 0.3) is 0 Å². The predicted octanol–water partition coefficient (Wildman–Crippen LogP) is 3.66. The molecule has 1 unspecified atom stereocenters. The van der Waals surface area contributed by atoms with E-state index in [1.165, 1.54) is 17.5 Å². The lowest BCUT2D eigenvalue weighted by molar-refractivity contribution is 0.407. The molecular weight excluding hydrogens is 278 g/mol. The lowest BCUT2D eigenvalue weighted by Crippen LogP contribution is -2.18. The lowest BCUT2D eigenvalue weighted by atomic mass is 10.1. The molecular formula is C14H22BrNO. The molecule has 17 heavy (non-hydrogen) atoms. The van der Waals surface area contributed by atoms with Crippen molar-refractivity contribution in [3.05, 3.63) is 29.3 Å². The Morgan fingerprint density at radius 2 is 2.18 bits per heavy atom. The highest BCUT2D eigenvalue weighted by Crippen LogP contribution is 2.19.